The third-order valence-electron chi connectivity index (χ3n) is 5.74. The highest BCUT2D eigenvalue weighted by Crippen LogP contribution is 2.30. The van der Waals surface area contributed by atoms with Crippen LogP contribution in [0, 0.1) is 0 Å². The van der Waals surface area contributed by atoms with Crippen LogP contribution in [0.25, 0.3) is 11.1 Å². The zero-order valence-electron chi connectivity index (χ0n) is 18.6. The Kier molecular flexibility index (Phi) is 6.97. The van der Waals surface area contributed by atoms with Crippen molar-refractivity contribution in [3.8, 4) is 17.0 Å². The Bertz CT molecular complexity index is 1250. The first kappa shape index (κ1) is 24.9. The Morgan fingerprint density at radius 3 is 2.29 bits per heavy atom. The Balaban J connectivity index is 1.41. The highest BCUT2D eigenvalue weighted by Gasteiger charge is 2.35. The summed E-state index contributed by atoms with van der Waals surface area (Å²) in [4.78, 5) is 7.98. The van der Waals surface area contributed by atoms with Crippen LogP contribution in [0.15, 0.2) is 65.8 Å². The number of anilines is 1. The zero-order valence-corrected chi connectivity index (χ0v) is 19.4. The molecule has 4 rings (SSSR count). The minimum absolute atomic E-state index is 0.0886. The number of β-amino-alcohol motifs (C(OH)–C–C–N with tert-alkyl or cyclic N) is 1. The summed E-state index contributed by atoms with van der Waals surface area (Å²) in [6.07, 6.45) is -2.98. The molecule has 2 atom stereocenters. The summed E-state index contributed by atoms with van der Waals surface area (Å²) in [6.45, 7) is -0.0351. The molecule has 1 aromatic carbocycles. The number of rotatable bonds is 6. The van der Waals surface area contributed by atoms with Crippen LogP contribution in [0.1, 0.15) is 12.0 Å². The predicted molar refractivity (Wildman–Crippen MR) is 122 cm³/mol. The lowest BCUT2D eigenvalue weighted by Crippen LogP contribution is -2.51. The molecule has 0 aliphatic carbocycles. The number of methoxy groups -OCH3 is 1. The van der Waals surface area contributed by atoms with E-state index in [1.54, 1.807) is 24.4 Å². The molecule has 2 aromatic heterocycles. The second-order valence-corrected chi connectivity index (χ2v) is 9.95. The predicted octanol–water partition coefficient (Wildman–Crippen LogP) is 3.41. The van der Waals surface area contributed by atoms with Gasteiger partial charge in [-0.25, -0.2) is 18.4 Å². The van der Waals surface area contributed by atoms with Crippen LogP contribution in [-0.2, 0) is 16.2 Å². The van der Waals surface area contributed by atoms with Crippen LogP contribution in [0.2, 0.25) is 0 Å². The average molecular weight is 509 g/mol. The number of hydrogen-bond donors (Lipinski definition) is 2. The molecule has 186 valence electrons. The van der Waals surface area contributed by atoms with Gasteiger partial charge in [-0.3, -0.25) is 0 Å². The van der Waals surface area contributed by atoms with Crippen molar-refractivity contribution in [1.82, 2.24) is 14.3 Å². The van der Waals surface area contributed by atoms with E-state index in [-0.39, 0.29) is 30.2 Å². The number of halogens is 3. The van der Waals surface area contributed by atoms with Crippen LogP contribution < -0.4 is 10.1 Å². The van der Waals surface area contributed by atoms with Crippen molar-refractivity contribution in [2.24, 2.45) is 0 Å². The molecule has 0 spiro atoms. The Morgan fingerprint density at radius 1 is 1.03 bits per heavy atom. The normalized spacial score (nSPS) is 19.3. The fourth-order valence-electron chi connectivity index (χ4n) is 3.77. The number of hydrogen-bond acceptors (Lipinski definition) is 7. The molecule has 35 heavy (non-hydrogen) atoms. The average Bonchev–Trinajstić information content (AvgIpc) is 2.85. The third-order valence-corrected chi connectivity index (χ3v) is 7.62. The van der Waals surface area contributed by atoms with Crippen LogP contribution >= 0.6 is 0 Å². The topological polar surface area (TPSA) is 105 Å². The zero-order chi connectivity index (χ0) is 25.2. The lowest BCUT2D eigenvalue weighted by atomic mass is 10.0. The molecule has 3 heterocycles. The monoisotopic (exact) mass is 508 g/mol. The third kappa shape index (κ3) is 5.55. The standard InChI is InChI=1S/C23H23F3N4O4S/c1-34-22-9-4-16(12-28-22)15-2-6-18(7-3-15)35(32,33)30-11-10-19(20(31)14-30)29-21-8-5-17(13-27-21)23(24,25)26/h2-9,12-13,19-20,31H,10-11,14H2,1H3,(H,27,29)/t19-,20+/m1/s1. The number of pyridine rings is 2. The van der Waals surface area contributed by atoms with E-state index in [1.165, 1.54) is 29.6 Å². The van der Waals surface area contributed by atoms with E-state index in [0.29, 0.717) is 12.1 Å². The van der Waals surface area contributed by atoms with E-state index in [1.807, 2.05) is 6.07 Å². The number of aliphatic hydroxyl groups is 1. The number of alkyl halides is 3. The van der Waals surface area contributed by atoms with Crippen LogP contribution in [0.5, 0.6) is 5.88 Å². The van der Waals surface area contributed by atoms with Crippen molar-refractivity contribution in [2.45, 2.75) is 29.6 Å². The molecule has 0 saturated carbocycles. The molecule has 3 aromatic rings. The van der Waals surface area contributed by atoms with Crippen molar-refractivity contribution >= 4 is 15.8 Å². The Hall–Kier alpha value is -3.22. The maximum atomic E-state index is 13.1. The summed E-state index contributed by atoms with van der Waals surface area (Å²) in [5, 5.41) is 13.4. The van der Waals surface area contributed by atoms with Gasteiger partial charge in [0.2, 0.25) is 15.9 Å². The second-order valence-electron chi connectivity index (χ2n) is 8.01. The minimum atomic E-state index is -4.49. The molecule has 1 aliphatic rings. The van der Waals surface area contributed by atoms with Crippen molar-refractivity contribution in [2.75, 3.05) is 25.5 Å². The molecule has 1 aliphatic heterocycles. The van der Waals surface area contributed by atoms with Gasteiger partial charge in [0.15, 0.2) is 0 Å². The molecule has 1 fully saturated rings. The van der Waals surface area contributed by atoms with E-state index in [4.69, 9.17) is 4.74 Å². The van der Waals surface area contributed by atoms with Crippen LogP contribution in [-0.4, -0.2) is 60.1 Å². The molecule has 12 heteroatoms. The number of nitrogens with zero attached hydrogens (tertiary/aromatic N) is 3. The highest BCUT2D eigenvalue weighted by atomic mass is 32.2. The summed E-state index contributed by atoms with van der Waals surface area (Å²) in [6, 6.07) is 11.4. The van der Waals surface area contributed by atoms with Crippen molar-refractivity contribution in [1.29, 1.82) is 0 Å². The molecule has 1 saturated heterocycles. The lowest BCUT2D eigenvalue weighted by molar-refractivity contribution is -0.137. The van der Waals surface area contributed by atoms with E-state index < -0.39 is 33.9 Å². The van der Waals surface area contributed by atoms with Gasteiger partial charge in [-0.2, -0.15) is 17.5 Å². The number of aromatic nitrogens is 2. The maximum absolute atomic E-state index is 13.1. The maximum Gasteiger partial charge on any atom is 0.417 e. The van der Waals surface area contributed by atoms with Gasteiger partial charge < -0.3 is 15.2 Å². The molecule has 0 radical (unpaired) electrons. The summed E-state index contributed by atoms with van der Waals surface area (Å²) < 4.78 is 70.5. The minimum Gasteiger partial charge on any atom is -0.481 e. The number of piperidine rings is 1. The summed E-state index contributed by atoms with van der Waals surface area (Å²) in [5.74, 6) is 0.639. The fourth-order valence-corrected chi connectivity index (χ4v) is 5.24. The van der Waals surface area contributed by atoms with Gasteiger partial charge in [0.25, 0.3) is 0 Å². The number of benzene rings is 1. The van der Waals surface area contributed by atoms with Crippen molar-refractivity contribution in [3.63, 3.8) is 0 Å². The largest absolute Gasteiger partial charge is 0.481 e. The van der Waals surface area contributed by atoms with Gasteiger partial charge in [-0.15, -0.1) is 0 Å². The summed E-state index contributed by atoms with van der Waals surface area (Å²) in [7, 11) is -2.34. The lowest BCUT2D eigenvalue weighted by Gasteiger charge is -2.35. The van der Waals surface area contributed by atoms with Gasteiger partial charge in [-0.1, -0.05) is 12.1 Å². The molecule has 0 unspecified atom stereocenters. The molecular formula is C23H23F3N4O4S. The first-order chi connectivity index (χ1) is 16.6. The van der Waals surface area contributed by atoms with Crippen molar-refractivity contribution in [3.05, 3.63) is 66.5 Å². The van der Waals surface area contributed by atoms with E-state index >= 15 is 0 Å². The number of ether oxygens (including phenoxy) is 1. The van der Waals surface area contributed by atoms with E-state index in [2.05, 4.69) is 15.3 Å². The smallest absolute Gasteiger partial charge is 0.417 e. The van der Waals surface area contributed by atoms with Gasteiger partial charge in [0.1, 0.15) is 5.82 Å². The summed E-state index contributed by atoms with van der Waals surface area (Å²) >= 11 is 0. The molecule has 8 nitrogen and oxygen atoms in total. The fraction of sp³-hybridized carbons (Fsp3) is 0.304. The SMILES string of the molecule is COc1ccc(-c2ccc(S(=O)(=O)N3CC[C@@H](Nc4ccc(C(F)(F)F)cn4)[C@@H](O)C3)cc2)cn1. The Morgan fingerprint density at radius 2 is 1.74 bits per heavy atom. The number of nitrogens with one attached hydrogen (secondary N) is 1. The Labute approximate surface area is 200 Å². The second kappa shape index (κ2) is 9.80. The van der Waals surface area contributed by atoms with Crippen molar-refractivity contribution < 1.29 is 31.4 Å². The first-order valence-corrected chi connectivity index (χ1v) is 12.1. The van der Waals surface area contributed by atoms with Gasteiger partial charge >= 0.3 is 6.18 Å². The quantitative estimate of drug-likeness (QED) is 0.526. The number of sulfonamides is 1. The molecule has 0 amide bonds. The molecular weight excluding hydrogens is 485 g/mol. The van der Waals surface area contributed by atoms with Gasteiger partial charge in [0, 0.05) is 37.1 Å². The van der Waals surface area contributed by atoms with Crippen LogP contribution in [0.3, 0.4) is 0 Å². The highest BCUT2D eigenvalue weighted by molar-refractivity contribution is 7.89. The van der Waals surface area contributed by atoms with E-state index in [0.717, 1.165) is 17.2 Å². The van der Waals surface area contributed by atoms with Gasteiger partial charge in [0.05, 0.1) is 29.7 Å². The van der Waals surface area contributed by atoms with Gasteiger partial charge in [-0.05, 0) is 42.3 Å². The van der Waals surface area contributed by atoms with E-state index in [9.17, 15) is 26.7 Å². The van der Waals surface area contributed by atoms with Crippen LogP contribution in [0.4, 0.5) is 19.0 Å². The number of aliphatic hydroxyl groups excluding tert-OH is 1. The summed E-state index contributed by atoms with van der Waals surface area (Å²) in [5.41, 5.74) is 0.707. The molecule has 2 N–H and O–H groups in total. The molecule has 0 bridgehead atoms. The first-order valence-electron chi connectivity index (χ1n) is 10.7.